The Morgan fingerprint density at radius 3 is 2.08 bits per heavy atom. The highest BCUT2D eigenvalue weighted by molar-refractivity contribution is 6.10. The van der Waals surface area contributed by atoms with Crippen LogP contribution in [-0.4, -0.2) is 49.6 Å². The first-order chi connectivity index (χ1) is 18.5. The van der Waals surface area contributed by atoms with Gasteiger partial charge in [-0.2, -0.15) is 0 Å². The lowest BCUT2D eigenvalue weighted by molar-refractivity contribution is -0.106. The van der Waals surface area contributed by atoms with Crippen LogP contribution in [0.25, 0.3) is 0 Å². The molecule has 0 saturated carbocycles. The highest BCUT2D eigenvalue weighted by Gasteiger charge is 2.16. The van der Waals surface area contributed by atoms with E-state index in [0.717, 1.165) is 18.8 Å². The molecule has 1 fully saturated rings. The van der Waals surface area contributed by atoms with Crippen LogP contribution in [0.2, 0.25) is 0 Å². The Hall–Kier alpha value is -4.76. The van der Waals surface area contributed by atoms with Crippen molar-refractivity contribution in [2.45, 2.75) is 6.92 Å². The minimum Gasteiger partial charge on any atom is -0.378 e. The standard InChI is InChI=1S/C29H26N4O5/c1-20-18-27(31-38-20)33(19-34)26-12-4-22(5-13-26)28(35)21-2-8-24(9-3-21)30-29(36)23-6-10-25(11-7-23)32-14-16-37-17-15-32/h2-13,18-19H,14-17H2,1H3,(H,30,36). The number of amides is 2. The van der Waals surface area contributed by atoms with Crippen molar-refractivity contribution < 1.29 is 23.6 Å². The van der Waals surface area contributed by atoms with Crippen LogP contribution in [-0.2, 0) is 9.53 Å². The van der Waals surface area contributed by atoms with E-state index in [-0.39, 0.29) is 11.7 Å². The van der Waals surface area contributed by atoms with Gasteiger partial charge >= 0.3 is 0 Å². The summed E-state index contributed by atoms with van der Waals surface area (Å²) >= 11 is 0. The molecule has 0 spiro atoms. The first-order valence-electron chi connectivity index (χ1n) is 12.2. The quantitative estimate of drug-likeness (QED) is 0.273. The Kier molecular flexibility index (Phi) is 7.28. The van der Waals surface area contributed by atoms with E-state index in [1.807, 2.05) is 12.1 Å². The van der Waals surface area contributed by atoms with Gasteiger partial charge in [0.25, 0.3) is 5.91 Å². The molecule has 9 nitrogen and oxygen atoms in total. The van der Waals surface area contributed by atoms with Gasteiger partial charge in [-0.25, -0.2) is 0 Å². The smallest absolute Gasteiger partial charge is 0.255 e. The molecule has 4 aromatic rings. The summed E-state index contributed by atoms with van der Waals surface area (Å²) in [4.78, 5) is 40.8. The summed E-state index contributed by atoms with van der Waals surface area (Å²) in [6.45, 7) is 4.81. The van der Waals surface area contributed by atoms with Crippen LogP contribution in [0.1, 0.15) is 32.0 Å². The summed E-state index contributed by atoms with van der Waals surface area (Å²) in [5, 5.41) is 6.73. The molecule has 1 N–H and O–H groups in total. The second-order valence-electron chi connectivity index (χ2n) is 8.82. The second kappa shape index (κ2) is 11.1. The maximum atomic E-state index is 13.0. The summed E-state index contributed by atoms with van der Waals surface area (Å²) in [5.41, 5.74) is 3.70. The van der Waals surface area contributed by atoms with Crippen molar-refractivity contribution in [3.05, 3.63) is 101 Å². The first kappa shape index (κ1) is 24.9. The molecular formula is C29H26N4O5. The van der Waals surface area contributed by atoms with Crippen molar-refractivity contribution in [1.82, 2.24) is 5.16 Å². The predicted octanol–water partition coefficient (Wildman–Crippen LogP) is 4.60. The minimum atomic E-state index is -0.227. The number of hydrogen-bond donors (Lipinski definition) is 1. The van der Waals surface area contributed by atoms with Crippen LogP contribution in [0.4, 0.5) is 22.9 Å². The van der Waals surface area contributed by atoms with Crippen LogP contribution < -0.4 is 15.1 Å². The molecule has 1 aliphatic rings. The average molecular weight is 511 g/mol. The fourth-order valence-electron chi connectivity index (χ4n) is 4.21. The molecule has 9 heteroatoms. The van der Waals surface area contributed by atoms with Gasteiger partial charge in [-0.1, -0.05) is 5.16 Å². The third-order valence-electron chi connectivity index (χ3n) is 6.29. The molecule has 0 unspecified atom stereocenters. The maximum absolute atomic E-state index is 13.0. The normalized spacial score (nSPS) is 13.1. The first-order valence-corrected chi connectivity index (χ1v) is 12.2. The number of nitrogens with one attached hydrogen (secondary N) is 1. The van der Waals surface area contributed by atoms with Gasteiger partial charge < -0.3 is 19.5 Å². The van der Waals surface area contributed by atoms with Crippen molar-refractivity contribution >= 4 is 41.0 Å². The summed E-state index contributed by atoms with van der Waals surface area (Å²) < 4.78 is 10.4. The lowest BCUT2D eigenvalue weighted by Gasteiger charge is -2.28. The number of ketones is 1. The van der Waals surface area contributed by atoms with Gasteiger partial charge in [0.15, 0.2) is 11.6 Å². The molecule has 2 heterocycles. The van der Waals surface area contributed by atoms with E-state index in [0.29, 0.717) is 59.3 Å². The zero-order valence-corrected chi connectivity index (χ0v) is 20.8. The zero-order valence-electron chi connectivity index (χ0n) is 20.8. The van der Waals surface area contributed by atoms with Crippen LogP contribution in [0, 0.1) is 6.92 Å². The fraction of sp³-hybridized carbons (Fsp3) is 0.172. The molecule has 0 bridgehead atoms. The molecule has 1 aromatic heterocycles. The lowest BCUT2D eigenvalue weighted by Crippen LogP contribution is -2.36. The van der Waals surface area contributed by atoms with Gasteiger partial charge in [0.2, 0.25) is 6.41 Å². The van der Waals surface area contributed by atoms with E-state index in [4.69, 9.17) is 9.26 Å². The third kappa shape index (κ3) is 5.47. The number of carbonyl (C=O) groups is 3. The van der Waals surface area contributed by atoms with Gasteiger partial charge in [0.1, 0.15) is 5.76 Å². The Balaban J connectivity index is 1.21. The van der Waals surface area contributed by atoms with Gasteiger partial charge in [0.05, 0.1) is 18.9 Å². The van der Waals surface area contributed by atoms with E-state index in [1.54, 1.807) is 73.7 Å². The minimum absolute atomic E-state index is 0.178. The number of ether oxygens (including phenoxy) is 1. The number of nitrogens with zero attached hydrogens (tertiary/aromatic N) is 3. The highest BCUT2D eigenvalue weighted by atomic mass is 16.5. The molecule has 3 aromatic carbocycles. The van der Waals surface area contributed by atoms with Crippen LogP contribution in [0.3, 0.4) is 0 Å². The third-order valence-corrected chi connectivity index (χ3v) is 6.29. The summed E-state index contributed by atoms with van der Waals surface area (Å²) in [6, 6.07) is 22.5. The van der Waals surface area contributed by atoms with Gasteiger partial charge in [-0.15, -0.1) is 0 Å². The molecule has 5 rings (SSSR count). The molecule has 192 valence electrons. The number of aryl methyl sites for hydroxylation is 1. The molecule has 1 saturated heterocycles. The Morgan fingerprint density at radius 1 is 0.895 bits per heavy atom. The summed E-state index contributed by atoms with van der Waals surface area (Å²) in [7, 11) is 0. The Bertz CT molecular complexity index is 1420. The van der Waals surface area contributed by atoms with Crippen molar-refractivity contribution in [1.29, 1.82) is 0 Å². The Morgan fingerprint density at radius 2 is 1.50 bits per heavy atom. The topological polar surface area (TPSA) is 105 Å². The number of anilines is 4. The fourth-order valence-corrected chi connectivity index (χ4v) is 4.21. The molecule has 0 atom stereocenters. The van der Waals surface area contributed by atoms with Crippen molar-refractivity contribution in [3.63, 3.8) is 0 Å². The molecule has 0 radical (unpaired) electrons. The number of rotatable bonds is 8. The van der Waals surface area contributed by atoms with E-state index in [2.05, 4.69) is 15.4 Å². The number of hydrogen-bond acceptors (Lipinski definition) is 7. The molecular weight excluding hydrogens is 484 g/mol. The van der Waals surface area contributed by atoms with Crippen LogP contribution in [0.5, 0.6) is 0 Å². The van der Waals surface area contributed by atoms with Crippen molar-refractivity contribution in [3.8, 4) is 0 Å². The average Bonchev–Trinajstić information content (AvgIpc) is 3.40. The molecule has 38 heavy (non-hydrogen) atoms. The van der Waals surface area contributed by atoms with Crippen LogP contribution in [0.15, 0.2) is 83.4 Å². The molecule has 1 aliphatic heterocycles. The van der Waals surface area contributed by atoms with Gasteiger partial charge in [-0.05, 0) is 79.7 Å². The van der Waals surface area contributed by atoms with Crippen molar-refractivity contribution in [2.24, 2.45) is 0 Å². The van der Waals surface area contributed by atoms with Crippen molar-refractivity contribution in [2.75, 3.05) is 41.4 Å². The van der Waals surface area contributed by atoms with E-state index in [1.165, 1.54) is 4.90 Å². The number of benzene rings is 3. The number of carbonyl (C=O) groups excluding carboxylic acids is 3. The monoisotopic (exact) mass is 510 g/mol. The van der Waals surface area contributed by atoms with E-state index >= 15 is 0 Å². The van der Waals surface area contributed by atoms with E-state index in [9.17, 15) is 14.4 Å². The second-order valence-corrected chi connectivity index (χ2v) is 8.82. The van der Waals surface area contributed by atoms with Crippen LogP contribution >= 0.6 is 0 Å². The number of morpholine rings is 1. The highest BCUT2D eigenvalue weighted by Crippen LogP contribution is 2.25. The SMILES string of the molecule is Cc1cc(N(C=O)c2ccc(C(=O)c3ccc(NC(=O)c4ccc(N5CCOCC5)cc4)cc3)cc2)no1. The largest absolute Gasteiger partial charge is 0.378 e. The predicted molar refractivity (Wildman–Crippen MR) is 143 cm³/mol. The maximum Gasteiger partial charge on any atom is 0.255 e. The molecule has 2 amide bonds. The van der Waals surface area contributed by atoms with Gasteiger partial charge in [-0.3, -0.25) is 19.3 Å². The number of aromatic nitrogens is 1. The lowest BCUT2D eigenvalue weighted by atomic mass is 10.0. The Labute approximate surface area is 219 Å². The zero-order chi connectivity index (χ0) is 26.5. The summed E-state index contributed by atoms with van der Waals surface area (Å²) in [5.74, 6) is 0.542. The van der Waals surface area contributed by atoms with E-state index < -0.39 is 0 Å². The summed E-state index contributed by atoms with van der Waals surface area (Å²) in [6.07, 6.45) is 0.639. The van der Waals surface area contributed by atoms with Gasteiger partial charge in [0, 0.05) is 47.2 Å². The molecule has 0 aliphatic carbocycles.